The van der Waals surface area contributed by atoms with Gasteiger partial charge in [0, 0.05) is 16.4 Å². The molecule has 0 aromatic heterocycles. The van der Waals surface area contributed by atoms with Crippen LogP contribution in [0.5, 0.6) is 0 Å². The summed E-state index contributed by atoms with van der Waals surface area (Å²) in [6.07, 6.45) is 1.44. The van der Waals surface area contributed by atoms with Crippen molar-refractivity contribution in [2.24, 2.45) is 5.41 Å². The van der Waals surface area contributed by atoms with Crippen molar-refractivity contribution >= 4 is 15.9 Å². The first-order valence-electron chi connectivity index (χ1n) is 4.68. The topological polar surface area (TPSA) is 21.3 Å². The van der Waals surface area contributed by atoms with E-state index in [1.54, 1.807) is 0 Å². The molecular formula is C10H18BrNO. The third kappa shape index (κ3) is 3.41. The lowest BCUT2D eigenvalue weighted by Gasteiger charge is -2.38. The van der Waals surface area contributed by atoms with E-state index in [1.807, 2.05) is 0 Å². The van der Waals surface area contributed by atoms with Gasteiger partial charge in [-0.25, -0.2) is 0 Å². The first kappa shape index (κ1) is 11.2. The van der Waals surface area contributed by atoms with E-state index in [4.69, 9.17) is 4.74 Å². The van der Waals surface area contributed by atoms with Crippen LogP contribution >= 0.6 is 15.9 Å². The average molecular weight is 248 g/mol. The van der Waals surface area contributed by atoms with E-state index in [0.717, 1.165) is 24.0 Å². The van der Waals surface area contributed by atoms with E-state index in [9.17, 15) is 0 Å². The molecule has 1 rings (SSSR count). The molecule has 3 heteroatoms. The number of rotatable bonds is 3. The van der Waals surface area contributed by atoms with Crippen LogP contribution in [0.4, 0.5) is 0 Å². The van der Waals surface area contributed by atoms with Crippen LogP contribution in [0.3, 0.4) is 0 Å². The molecule has 0 amide bonds. The summed E-state index contributed by atoms with van der Waals surface area (Å²) >= 11 is 3.30. The molecule has 2 nitrogen and oxygen atoms in total. The number of piperidine rings is 1. The number of nitrogens with one attached hydrogen (secondary N) is 1. The molecule has 1 aliphatic heterocycles. The summed E-state index contributed by atoms with van der Waals surface area (Å²) in [7, 11) is 0. The van der Waals surface area contributed by atoms with Gasteiger partial charge in [0.05, 0.1) is 12.7 Å². The van der Waals surface area contributed by atoms with Crippen LogP contribution < -0.4 is 5.32 Å². The first-order valence-corrected chi connectivity index (χ1v) is 5.47. The van der Waals surface area contributed by atoms with Crippen LogP contribution in [-0.2, 0) is 4.74 Å². The smallest absolute Gasteiger partial charge is 0.0779 e. The Balaban J connectivity index is 2.41. The van der Waals surface area contributed by atoms with Gasteiger partial charge in [-0.2, -0.15) is 0 Å². The summed E-state index contributed by atoms with van der Waals surface area (Å²) in [6, 6.07) is 0. The maximum absolute atomic E-state index is 5.77. The molecule has 13 heavy (non-hydrogen) atoms. The Hall–Kier alpha value is 0.140. The van der Waals surface area contributed by atoms with E-state index in [2.05, 4.69) is 41.7 Å². The molecular weight excluding hydrogens is 230 g/mol. The van der Waals surface area contributed by atoms with Crippen LogP contribution in [0.25, 0.3) is 0 Å². The van der Waals surface area contributed by atoms with Gasteiger partial charge in [-0.3, -0.25) is 0 Å². The van der Waals surface area contributed by atoms with Gasteiger partial charge in [0.2, 0.25) is 0 Å². The van der Waals surface area contributed by atoms with Gasteiger partial charge in [-0.15, -0.1) is 0 Å². The maximum atomic E-state index is 5.77. The Bertz CT molecular complexity index is 191. The SMILES string of the molecule is C=C(Br)COC1CCNCC1(C)C. The zero-order valence-electron chi connectivity index (χ0n) is 8.40. The van der Waals surface area contributed by atoms with E-state index < -0.39 is 0 Å². The normalized spacial score (nSPS) is 27.2. The molecule has 1 saturated heterocycles. The lowest BCUT2D eigenvalue weighted by Crippen LogP contribution is -2.47. The van der Waals surface area contributed by atoms with Gasteiger partial charge < -0.3 is 10.1 Å². The van der Waals surface area contributed by atoms with Gasteiger partial charge in [0.1, 0.15) is 0 Å². The lowest BCUT2D eigenvalue weighted by molar-refractivity contribution is -0.0311. The highest BCUT2D eigenvalue weighted by molar-refractivity contribution is 9.11. The van der Waals surface area contributed by atoms with E-state index in [0.29, 0.717) is 12.7 Å². The Morgan fingerprint density at radius 2 is 2.38 bits per heavy atom. The number of hydrogen-bond donors (Lipinski definition) is 1. The molecule has 0 bridgehead atoms. The number of halogens is 1. The minimum absolute atomic E-state index is 0.237. The van der Waals surface area contributed by atoms with Crippen molar-refractivity contribution in [3.63, 3.8) is 0 Å². The quantitative estimate of drug-likeness (QED) is 0.827. The van der Waals surface area contributed by atoms with Gasteiger partial charge in [0.25, 0.3) is 0 Å². The van der Waals surface area contributed by atoms with Crippen LogP contribution in [0.2, 0.25) is 0 Å². The fourth-order valence-electron chi connectivity index (χ4n) is 1.65. The molecule has 0 spiro atoms. The van der Waals surface area contributed by atoms with Crippen LogP contribution in [0.1, 0.15) is 20.3 Å². The number of ether oxygens (including phenoxy) is 1. The predicted octanol–water partition coefficient (Wildman–Crippen LogP) is 2.30. The zero-order valence-corrected chi connectivity index (χ0v) is 9.99. The van der Waals surface area contributed by atoms with Crippen molar-refractivity contribution in [3.05, 3.63) is 11.1 Å². The molecule has 0 aliphatic carbocycles. The van der Waals surface area contributed by atoms with Gasteiger partial charge in [-0.05, 0) is 13.0 Å². The first-order chi connectivity index (χ1) is 6.02. The highest BCUT2D eigenvalue weighted by Crippen LogP contribution is 2.28. The second-order valence-electron chi connectivity index (χ2n) is 4.27. The van der Waals surface area contributed by atoms with Gasteiger partial charge in [-0.1, -0.05) is 36.4 Å². The second-order valence-corrected chi connectivity index (χ2v) is 5.39. The van der Waals surface area contributed by atoms with Crippen LogP contribution in [0, 0.1) is 5.41 Å². The predicted molar refractivity (Wildman–Crippen MR) is 59.1 cm³/mol. The van der Waals surface area contributed by atoms with E-state index >= 15 is 0 Å². The maximum Gasteiger partial charge on any atom is 0.0779 e. The Morgan fingerprint density at radius 3 is 2.92 bits per heavy atom. The average Bonchev–Trinajstić information content (AvgIpc) is 2.01. The molecule has 0 saturated carbocycles. The molecule has 0 aromatic rings. The lowest BCUT2D eigenvalue weighted by atomic mass is 9.82. The molecule has 76 valence electrons. The monoisotopic (exact) mass is 247 g/mol. The third-order valence-corrected chi connectivity index (χ3v) is 2.71. The Kier molecular flexibility index (Phi) is 3.95. The fraction of sp³-hybridized carbons (Fsp3) is 0.800. The summed E-state index contributed by atoms with van der Waals surface area (Å²) in [6.45, 7) is 10.9. The van der Waals surface area contributed by atoms with Crippen molar-refractivity contribution in [1.29, 1.82) is 0 Å². The summed E-state index contributed by atoms with van der Waals surface area (Å²) in [5, 5.41) is 3.38. The molecule has 1 aliphatic rings. The van der Waals surface area contributed by atoms with E-state index in [-0.39, 0.29) is 5.41 Å². The molecule has 0 aromatic carbocycles. The fourth-order valence-corrected chi connectivity index (χ4v) is 1.78. The van der Waals surface area contributed by atoms with Crippen molar-refractivity contribution in [3.8, 4) is 0 Å². The van der Waals surface area contributed by atoms with Crippen molar-refractivity contribution < 1.29 is 4.74 Å². The molecule has 1 atom stereocenters. The van der Waals surface area contributed by atoms with Gasteiger partial charge in [0.15, 0.2) is 0 Å². The second kappa shape index (κ2) is 4.58. The van der Waals surface area contributed by atoms with Crippen LogP contribution in [0.15, 0.2) is 11.1 Å². The highest BCUT2D eigenvalue weighted by atomic mass is 79.9. The summed E-state index contributed by atoms with van der Waals surface area (Å²) < 4.78 is 6.69. The van der Waals surface area contributed by atoms with Crippen molar-refractivity contribution in [1.82, 2.24) is 5.32 Å². The highest BCUT2D eigenvalue weighted by Gasteiger charge is 2.32. The Labute approximate surface area is 88.9 Å². The molecule has 1 unspecified atom stereocenters. The van der Waals surface area contributed by atoms with Gasteiger partial charge >= 0.3 is 0 Å². The summed E-state index contributed by atoms with van der Waals surface area (Å²) in [4.78, 5) is 0. The minimum atomic E-state index is 0.237. The van der Waals surface area contributed by atoms with Crippen molar-refractivity contribution in [2.45, 2.75) is 26.4 Å². The van der Waals surface area contributed by atoms with Crippen molar-refractivity contribution in [2.75, 3.05) is 19.7 Å². The summed E-state index contributed by atoms with van der Waals surface area (Å²) in [5.41, 5.74) is 0.237. The molecule has 1 heterocycles. The molecule has 0 radical (unpaired) electrons. The number of hydrogen-bond acceptors (Lipinski definition) is 2. The van der Waals surface area contributed by atoms with E-state index in [1.165, 1.54) is 0 Å². The summed E-state index contributed by atoms with van der Waals surface area (Å²) in [5.74, 6) is 0. The minimum Gasteiger partial charge on any atom is -0.372 e. The largest absolute Gasteiger partial charge is 0.372 e. The third-order valence-electron chi connectivity index (χ3n) is 2.48. The Morgan fingerprint density at radius 1 is 1.69 bits per heavy atom. The molecule has 1 N–H and O–H groups in total. The standard InChI is InChI=1S/C10H18BrNO/c1-8(11)6-13-9-4-5-12-7-10(9,2)3/h9,12H,1,4-7H2,2-3H3. The molecule has 1 fully saturated rings. The van der Waals surface area contributed by atoms with Crippen LogP contribution in [-0.4, -0.2) is 25.8 Å². The zero-order chi connectivity index (χ0) is 9.90.